The van der Waals surface area contributed by atoms with Gasteiger partial charge in [-0.2, -0.15) is 0 Å². The predicted octanol–water partition coefficient (Wildman–Crippen LogP) is 3.81. The summed E-state index contributed by atoms with van der Waals surface area (Å²) < 4.78 is 11.0. The monoisotopic (exact) mass is 558 g/mol. The lowest BCUT2D eigenvalue weighted by Crippen LogP contribution is -2.42. The molecule has 3 rings (SSSR count). The fraction of sp³-hybridized carbons (Fsp3) is 0.522. The third kappa shape index (κ3) is 8.25. The zero-order valence-electron chi connectivity index (χ0n) is 18.8. The summed E-state index contributed by atoms with van der Waals surface area (Å²) in [5.74, 6) is 1.72. The average Bonchev–Trinajstić information content (AvgIpc) is 3.21. The molecule has 0 radical (unpaired) electrons. The van der Waals surface area contributed by atoms with Crippen LogP contribution < -0.4 is 15.4 Å². The molecular formula is C23H35IN4O2S. The van der Waals surface area contributed by atoms with E-state index in [4.69, 9.17) is 14.5 Å². The molecule has 2 N–H and O–H groups in total. The summed E-state index contributed by atoms with van der Waals surface area (Å²) in [7, 11) is 1.68. The Hall–Kier alpha value is -1.36. The summed E-state index contributed by atoms with van der Waals surface area (Å²) in [6.07, 6.45) is 1.17. The first-order chi connectivity index (χ1) is 14.7. The van der Waals surface area contributed by atoms with Gasteiger partial charge in [0.1, 0.15) is 12.4 Å². The number of rotatable bonds is 10. The lowest BCUT2D eigenvalue weighted by Gasteiger charge is -2.27. The fourth-order valence-corrected chi connectivity index (χ4v) is 4.39. The van der Waals surface area contributed by atoms with Crippen molar-refractivity contribution >= 4 is 41.3 Å². The van der Waals surface area contributed by atoms with Crippen molar-refractivity contribution in [2.24, 2.45) is 4.99 Å². The highest BCUT2D eigenvalue weighted by Crippen LogP contribution is 2.23. The predicted molar refractivity (Wildman–Crippen MR) is 140 cm³/mol. The van der Waals surface area contributed by atoms with Crippen LogP contribution >= 0.6 is 35.3 Å². The van der Waals surface area contributed by atoms with Gasteiger partial charge in [0, 0.05) is 50.3 Å². The number of aryl methyl sites for hydroxylation is 1. The zero-order valence-corrected chi connectivity index (χ0v) is 21.9. The topological polar surface area (TPSA) is 58.1 Å². The molecule has 31 heavy (non-hydrogen) atoms. The van der Waals surface area contributed by atoms with Crippen molar-refractivity contribution in [2.45, 2.75) is 33.4 Å². The molecule has 0 bridgehead atoms. The number of methoxy groups -OCH3 is 1. The maximum Gasteiger partial charge on any atom is 0.191 e. The molecule has 0 aliphatic carbocycles. The molecule has 2 heterocycles. The molecule has 0 atom stereocenters. The van der Waals surface area contributed by atoms with Gasteiger partial charge in [-0.05, 0) is 48.9 Å². The van der Waals surface area contributed by atoms with E-state index in [2.05, 4.69) is 59.0 Å². The number of nitrogens with one attached hydrogen (secondary N) is 2. The normalized spacial score (nSPS) is 14.0. The van der Waals surface area contributed by atoms with Crippen molar-refractivity contribution in [3.8, 4) is 5.75 Å². The van der Waals surface area contributed by atoms with Crippen LogP contribution in [0.5, 0.6) is 5.75 Å². The molecule has 2 aromatic rings. The number of hydrogen-bond donors (Lipinski definition) is 2. The van der Waals surface area contributed by atoms with Crippen LogP contribution in [0.2, 0.25) is 0 Å². The smallest absolute Gasteiger partial charge is 0.191 e. The fourth-order valence-electron chi connectivity index (χ4n) is 3.50. The van der Waals surface area contributed by atoms with E-state index < -0.39 is 0 Å². The quantitative estimate of drug-likeness (QED) is 0.201. The summed E-state index contributed by atoms with van der Waals surface area (Å²) in [5.41, 5.74) is 3.75. The maximum absolute atomic E-state index is 5.89. The SMILES string of the molecule is CCNC(=NCc1ccc(C)cc1OCCOC)NCCN1CCc2sccc2C1.I. The van der Waals surface area contributed by atoms with Crippen molar-refractivity contribution in [3.63, 3.8) is 0 Å². The molecule has 0 saturated carbocycles. The molecule has 1 aromatic carbocycles. The van der Waals surface area contributed by atoms with Gasteiger partial charge in [-0.25, -0.2) is 4.99 Å². The molecular weight excluding hydrogens is 523 g/mol. The highest BCUT2D eigenvalue weighted by Gasteiger charge is 2.16. The van der Waals surface area contributed by atoms with E-state index >= 15 is 0 Å². The van der Waals surface area contributed by atoms with Crippen molar-refractivity contribution in [2.75, 3.05) is 46.5 Å². The van der Waals surface area contributed by atoms with E-state index in [9.17, 15) is 0 Å². The first-order valence-corrected chi connectivity index (χ1v) is 11.6. The Morgan fingerprint density at radius 1 is 1.23 bits per heavy atom. The summed E-state index contributed by atoms with van der Waals surface area (Å²) in [4.78, 5) is 8.84. The van der Waals surface area contributed by atoms with Crippen LogP contribution in [0.1, 0.15) is 28.5 Å². The van der Waals surface area contributed by atoms with Crippen LogP contribution in [-0.4, -0.2) is 57.4 Å². The first kappa shape index (κ1) is 25.9. The molecule has 1 aliphatic rings. The highest BCUT2D eigenvalue weighted by molar-refractivity contribution is 14.0. The van der Waals surface area contributed by atoms with Crippen LogP contribution in [-0.2, 0) is 24.2 Å². The van der Waals surface area contributed by atoms with Gasteiger partial charge < -0.3 is 20.1 Å². The number of hydrogen-bond acceptors (Lipinski definition) is 5. The summed E-state index contributed by atoms with van der Waals surface area (Å²) in [6.45, 7) is 10.7. The Morgan fingerprint density at radius 3 is 2.90 bits per heavy atom. The lowest BCUT2D eigenvalue weighted by molar-refractivity contribution is 0.145. The highest BCUT2D eigenvalue weighted by atomic mass is 127. The van der Waals surface area contributed by atoms with E-state index in [1.165, 1.54) is 17.5 Å². The van der Waals surface area contributed by atoms with Crippen molar-refractivity contribution in [1.82, 2.24) is 15.5 Å². The standard InChI is InChI=1S/C23H34N4O2S.HI/c1-4-24-23(25-9-11-27-10-7-22-20(17-27)8-14-30-22)26-16-19-6-5-18(2)15-21(19)29-13-12-28-3;/h5-6,8,14-15H,4,7,9-13,16-17H2,1-3H3,(H2,24,25,26);1H. The number of halogens is 1. The number of fused-ring (bicyclic) bond motifs is 1. The van der Waals surface area contributed by atoms with Gasteiger partial charge in [-0.3, -0.25) is 4.90 Å². The molecule has 1 aliphatic heterocycles. The lowest BCUT2D eigenvalue weighted by atomic mass is 10.1. The molecule has 0 amide bonds. The van der Waals surface area contributed by atoms with Crippen molar-refractivity contribution < 1.29 is 9.47 Å². The molecule has 0 saturated heterocycles. The van der Waals surface area contributed by atoms with Gasteiger partial charge >= 0.3 is 0 Å². The molecule has 8 heteroatoms. The molecule has 172 valence electrons. The van der Waals surface area contributed by atoms with Crippen LogP contribution in [0.4, 0.5) is 0 Å². The number of ether oxygens (including phenoxy) is 2. The van der Waals surface area contributed by atoms with Gasteiger partial charge in [-0.1, -0.05) is 12.1 Å². The van der Waals surface area contributed by atoms with Crippen molar-refractivity contribution in [3.05, 3.63) is 51.2 Å². The van der Waals surface area contributed by atoms with Gasteiger partial charge in [0.05, 0.1) is 13.2 Å². The van der Waals surface area contributed by atoms with E-state index in [0.29, 0.717) is 19.8 Å². The Labute approximate surface area is 207 Å². The van der Waals surface area contributed by atoms with E-state index in [-0.39, 0.29) is 24.0 Å². The Bertz CT molecular complexity index is 828. The molecule has 1 aromatic heterocycles. The summed E-state index contributed by atoms with van der Waals surface area (Å²) in [6, 6.07) is 8.52. The molecule has 6 nitrogen and oxygen atoms in total. The Kier molecular flexibility index (Phi) is 11.6. The molecule has 0 unspecified atom stereocenters. The van der Waals surface area contributed by atoms with E-state index in [1.54, 1.807) is 12.0 Å². The summed E-state index contributed by atoms with van der Waals surface area (Å²) >= 11 is 1.89. The number of guanidine groups is 1. The second kappa shape index (κ2) is 13.9. The third-order valence-electron chi connectivity index (χ3n) is 5.13. The van der Waals surface area contributed by atoms with Crippen LogP contribution in [0.3, 0.4) is 0 Å². The number of aliphatic imine (C=N–C) groups is 1. The van der Waals surface area contributed by atoms with Gasteiger partial charge in [0.2, 0.25) is 0 Å². The Morgan fingerprint density at radius 2 is 2.10 bits per heavy atom. The Balaban J connectivity index is 0.00000341. The van der Waals surface area contributed by atoms with Crippen LogP contribution in [0.15, 0.2) is 34.6 Å². The minimum atomic E-state index is 0. The maximum atomic E-state index is 5.89. The van der Waals surface area contributed by atoms with E-state index in [1.807, 2.05) is 11.3 Å². The minimum absolute atomic E-state index is 0. The second-order valence-corrected chi connectivity index (χ2v) is 8.47. The number of benzene rings is 1. The van der Waals surface area contributed by atoms with Crippen molar-refractivity contribution in [1.29, 1.82) is 0 Å². The number of thiophene rings is 1. The summed E-state index contributed by atoms with van der Waals surface area (Å²) in [5, 5.41) is 9.03. The first-order valence-electron chi connectivity index (χ1n) is 10.7. The minimum Gasteiger partial charge on any atom is -0.491 e. The zero-order chi connectivity index (χ0) is 21.2. The molecule has 0 fully saturated rings. The average molecular weight is 559 g/mol. The van der Waals surface area contributed by atoms with Crippen LogP contribution in [0, 0.1) is 6.92 Å². The van der Waals surface area contributed by atoms with Gasteiger partial charge in [0.25, 0.3) is 0 Å². The number of nitrogens with zero attached hydrogens (tertiary/aromatic N) is 2. The van der Waals surface area contributed by atoms with Gasteiger partial charge in [0.15, 0.2) is 5.96 Å². The van der Waals surface area contributed by atoms with E-state index in [0.717, 1.165) is 50.0 Å². The second-order valence-electron chi connectivity index (χ2n) is 7.47. The van der Waals surface area contributed by atoms with Gasteiger partial charge in [-0.15, -0.1) is 35.3 Å². The third-order valence-corrected chi connectivity index (χ3v) is 6.15. The van der Waals surface area contributed by atoms with Crippen LogP contribution in [0.25, 0.3) is 0 Å². The largest absolute Gasteiger partial charge is 0.491 e. The molecule has 0 spiro atoms.